The SMILES string of the molecule is CCc1ccc(C(=O)NCCCn2nc(C)cc2C)s1. The van der Waals surface area contributed by atoms with Crippen LogP contribution in [0.25, 0.3) is 0 Å². The van der Waals surface area contributed by atoms with Crippen molar-refractivity contribution >= 4 is 17.2 Å². The fourth-order valence-corrected chi connectivity index (χ4v) is 2.97. The molecule has 0 fully saturated rings. The molecule has 0 aliphatic rings. The van der Waals surface area contributed by atoms with Crippen molar-refractivity contribution in [1.82, 2.24) is 15.1 Å². The molecule has 0 atom stereocenters. The monoisotopic (exact) mass is 291 g/mol. The molecule has 0 aromatic carbocycles. The molecular weight excluding hydrogens is 270 g/mol. The molecule has 2 heterocycles. The third-order valence-electron chi connectivity index (χ3n) is 3.17. The highest BCUT2D eigenvalue weighted by Gasteiger charge is 2.08. The summed E-state index contributed by atoms with van der Waals surface area (Å²) in [5.41, 5.74) is 2.21. The van der Waals surface area contributed by atoms with Gasteiger partial charge < -0.3 is 5.32 Å². The molecule has 5 heteroatoms. The molecule has 2 aromatic rings. The second kappa shape index (κ2) is 6.70. The molecular formula is C15H21N3OS. The lowest BCUT2D eigenvalue weighted by molar-refractivity contribution is 0.0956. The number of hydrogen-bond acceptors (Lipinski definition) is 3. The van der Waals surface area contributed by atoms with Crippen LogP contribution in [0.1, 0.15) is 39.3 Å². The van der Waals surface area contributed by atoms with Gasteiger partial charge in [0, 0.05) is 23.7 Å². The second-order valence-electron chi connectivity index (χ2n) is 4.88. The first-order valence-corrected chi connectivity index (χ1v) is 7.79. The summed E-state index contributed by atoms with van der Waals surface area (Å²) in [7, 11) is 0. The van der Waals surface area contributed by atoms with E-state index in [1.165, 1.54) is 10.6 Å². The predicted molar refractivity (Wildman–Crippen MR) is 82.3 cm³/mol. The third-order valence-corrected chi connectivity index (χ3v) is 4.40. The number of aromatic nitrogens is 2. The van der Waals surface area contributed by atoms with Gasteiger partial charge in [-0.05, 0) is 44.9 Å². The molecule has 0 aliphatic carbocycles. The summed E-state index contributed by atoms with van der Waals surface area (Å²) in [6.45, 7) is 7.66. The fourth-order valence-electron chi connectivity index (χ4n) is 2.11. The van der Waals surface area contributed by atoms with E-state index >= 15 is 0 Å². The van der Waals surface area contributed by atoms with E-state index in [0.717, 1.165) is 30.0 Å². The number of carbonyl (C=O) groups is 1. The highest BCUT2D eigenvalue weighted by Crippen LogP contribution is 2.16. The largest absolute Gasteiger partial charge is 0.351 e. The molecule has 1 N–H and O–H groups in total. The minimum Gasteiger partial charge on any atom is -0.351 e. The van der Waals surface area contributed by atoms with E-state index in [9.17, 15) is 4.79 Å². The summed E-state index contributed by atoms with van der Waals surface area (Å²) < 4.78 is 1.99. The van der Waals surface area contributed by atoms with Gasteiger partial charge in [0.2, 0.25) is 0 Å². The van der Waals surface area contributed by atoms with Crippen LogP contribution in [0.4, 0.5) is 0 Å². The van der Waals surface area contributed by atoms with Gasteiger partial charge >= 0.3 is 0 Å². The first kappa shape index (κ1) is 14.8. The van der Waals surface area contributed by atoms with E-state index in [1.807, 2.05) is 23.7 Å². The Morgan fingerprint density at radius 2 is 2.20 bits per heavy atom. The van der Waals surface area contributed by atoms with Gasteiger partial charge in [0.15, 0.2) is 0 Å². The normalized spacial score (nSPS) is 10.8. The zero-order valence-corrected chi connectivity index (χ0v) is 13.1. The minimum atomic E-state index is 0.0306. The first-order valence-electron chi connectivity index (χ1n) is 6.98. The number of thiophene rings is 1. The average Bonchev–Trinajstić information content (AvgIpc) is 3.01. The van der Waals surface area contributed by atoms with E-state index in [4.69, 9.17) is 0 Å². The Morgan fingerprint density at radius 3 is 2.80 bits per heavy atom. The molecule has 0 spiro atoms. The molecule has 0 bridgehead atoms. The number of aryl methyl sites for hydroxylation is 4. The first-order chi connectivity index (χ1) is 9.60. The Hall–Kier alpha value is -1.62. The van der Waals surface area contributed by atoms with Crippen molar-refractivity contribution < 1.29 is 4.79 Å². The van der Waals surface area contributed by atoms with Crippen LogP contribution in [-0.4, -0.2) is 22.2 Å². The van der Waals surface area contributed by atoms with Gasteiger partial charge in [0.1, 0.15) is 0 Å². The van der Waals surface area contributed by atoms with Crippen molar-refractivity contribution in [3.05, 3.63) is 39.3 Å². The van der Waals surface area contributed by atoms with Crippen LogP contribution >= 0.6 is 11.3 Å². The van der Waals surface area contributed by atoms with E-state index in [-0.39, 0.29) is 5.91 Å². The molecule has 0 radical (unpaired) electrons. The molecule has 1 amide bonds. The fraction of sp³-hybridized carbons (Fsp3) is 0.467. The quantitative estimate of drug-likeness (QED) is 0.832. The maximum absolute atomic E-state index is 11.9. The summed E-state index contributed by atoms with van der Waals surface area (Å²) >= 11 is 1.57. The molecule has 108 valence electrons. The Morgan fingerprint density at radius 1 is 1.40 bits per heavy atom. The number of nitrogens with one attached hydrogen (secondary N) is 1. The van der Waals surface area contributed by atoms with Crippen molar-refractivity contribution in [2.24, 2.45) is 0 Å². The number of nitrogens with zero attached hydrogens (tertiary/aromatic N) is 2. The Balaban J connectivity index is 1.75. The minimum absolute atomic E-state index is 0.0306. The van der Waals surface area contributed by atoms with E-state index in [2.05, 4.69) is 30.3 Å². The Labute approximate surface area is 123 Å². The van der Waals surface area contributed by atoms with Gasteiger partial charge in [-0.25, -0.2) is 0 Å². The van der Waals surface area contributed by atoms with E-state index in [1.54, 1.807) is 11.3 Å². The maximum atomic E-state index is 11.9. The van der Waals surface area contributed by atoms with Gasteiger partial charge in [-0.1, -0.05) is 6.92 Å². The molecule has 0 saturated heterocycles. The number of carbonyl (C=O) groups excluding carboxylic acids is 1. The van der Waals surface area contributed by atoms with Crippen molar-refractivity contribution in [3.63, 3.8) is 0 Å². The summed E-state index contributed by atoms with van der Waals surface area (Å²) in [6.07, 6.45) is 1.87. The topological polar surface area (TPSA) is 46.9 Å². The van der Waals surface area contributed by atoms with Gasteiger partial charge in [0.25, 0.3) is 5.91 Å². The van der Waals surface area contributed by atoms with Gasteiger partial charge in [-0.2, -0.15) is 5.10 Å². The second-order valence-corrected chi connectivity index (χ2v) is 6.05. The predicted octanol–water partition coefficient (Wildman–Crippen LogP) is 2.94. The molecule has 0 aliphatic heterocycles. The van der Waals surface area contributed by atoms with Crippen LogP contribution in [0.15, 0.2) is 18.2 Å². The van der Waals surface area contributed by atoms with Crippen molar-refractivity contribution in [2.75, 3.05) is 6.54 Å². The van der Waals surface area contributed by atoms with Crippen LogP contribution in [0.3, 0.4) is 0 Å². The van der Waals surface area contributed by atoms with E-state index in [0.29, 0.717) is 6.54 Å². The molecule has 0 unspecified atom stereocenters. The van der Waals surface area contributed by atoms with Crippen LogP contribution in [0, 0.1) is 13.8 Å². The van der Waals surface area contributed by atoms with Crippen molar-refractivity contribution in [1.29, 1.82) is 0 Å². The van der Waals surface area contributed by atoms with Crippen molar-refractivity contribution in [2.45, 2.75) is 40.2 Å². The van der Waals surface area contributed by atoms with Gasteiger partial charge in [-0.3, -0.25) is 9.48 Å². The zero-order chi connectivity index (χ0) is 14.5. The van der Waals surface area contributed by atoms with E-state index < -0.39 is 0 Å². The maximum Gasteiger partial charge on any atom is 0.261 e. The van der Waals surface area contributed by atoms with Gasteiger partial charge in [0.05, 0.1) is 10.6 Å². The molecule has 4 nitrogen and oxygen atoms in total. The summed E-state index contributed by atoms with van der Waals surface area (Å²) in [4.78, 5) is 14.0. The summed E-state index contributed by atoms with van der Waals surface area (Å²) in [5.74, 6) is 0.0306. The molecule has 0 saturated carbocycles. The number of rotatable bonds is 6. The average molecular weight is 291 g/mol. The zero-order valence-electron chi connectivity index (χ0n) is 12.3. The van der Waals surface area contributed by atoms with Crippen LogP contribution in [0.2, 0.25) is 0 Å². The van der Waals surface area contributed by atoms with Crippen LogP contribution in [-0.2, 0) is 13.0 Å². The molecule has 2 rings (SSSR count). The lowest BCUT2D eigenvalue weighted by Gasteiger charge is -2.05. The highest BCUT2D eigenvalue weighted by atomic mass is 32.1. The third kappa shape index (κ3) is 3.70. The van der Waals surface area contributed by atoms with Crippen LogP contribution in [0.5, 0.6) is 0 Å². The standard InChI is InChI=1S/C15H21N3OS/c1-4-13-6-7-14(20-13)15(19)16-8-5-9-18-12(3)10-11(2)17-18/h6-7,10H,4-5,8-9H2,1-3H3,(H,16,19). The lowest BCUT2D eigenvalue weighted by Crippen LogP contribution is -2.24. The lowest BCUT2D eigenvalue weighted by atomic mass is 10.3. The Kier molecular flexibility index (Phi) is 4.95. The molecule has 20 heavy (non-hydrogen) atoms. The Bertz CT molecular complexity index is 586. The van der Waals surface area contributed by atoms with Crippen molar-refractivity contribution in [3.8, 4) is 0 Å². The van der Waals surface area contributed by atoms with Crippen LogP contribution < -0.4 is 5.32 Å². The number of amides is 1. The number of hydrogen-bond donors (Lipinski definition) is 1. The van der Waals surface area contributed by atoms with Gasteiger partial charge in [-0.15, -0.1) is 11.3 Å². The summed E-state index contributed by atoms with van der Waals surface area (Å²) in [5, 5.41) is 7.37. The smallest absolute Gasteiger partial charge is 0.261 e. The highest BCUT2D eigenvalue weighted by molar-refractivity contribution is 7.14. The molecule has 2 aromatic heterocycles. The summed E-state index contributed by atoms with van der Waals surface area (Å²) in [6, 6.07) is 5.99.